The van der Waals surface area contributed by atoms with Gasteiger partial charge < -0.3 is 4.57 Å². The van der Waals surface area contributed by atoms with Crippen molar-refractivity contribution in [1.29, 1.82) is 0 Å². The summed E-state index contributed by atoms with van der Waals surface area (Å²) in [5, 5.41) is 0.438. The third-order valence-corrected chi connectivity index (χ3v) is 3.46. The SMILES string of the molecule is Cc1ccc(-n2cc(C#Cc3ccnc(Cl)c3)nc2C)cc1. The molecule has 0 aliphatic carbocycles. The fraction of sp³-hybridized carbons (Fsp3) is 0.111. The van der Waals surface area contributed by atoms with Crippen molar-refractivity contribution in [1.82, 2.24) is 14.5 Å². The quantitative estimate of drug-likeness (QED) is 0.503. The van der Waals surface area contributed by atoms with Crippen LogP contribution < -0.4 is 0 Å². The van der Waals surface area contributed by atoms with Crippen molar-refractivity contribution in [3.8, 4) is 17.5 Å². The van der Waals surface area contributed by atoms with Crippen molar-refractivity contribution >= 4 is 11.6 Å². The van der Waals surface area contributed by atoms with Gasteiger partial charge in [0.05, 0.1) is 0 Å². The largest absolute Gasteiger partial charge is 0.303 e. The van der Waals surface area contributed by atoms with Crippen LogP contribution in [0.4, 0.5) is 0 Å². The van der Waals surface area contributed by atoms with Crippen molar-refractivity contribution in [2.24, 2.45) is 0 Å². The van der Waals surface area contributed by atoms with Gasteiger partial charge in [0.15, 0.2) is 0 Å². The van der Waals surface area contributed by atoms with Crippen LogP contribution in [0.5, 0.6) is 0 Å². The van der Waals surface area contributed by atoms with Gasteiger partial charge in [0.2, 0.25) is 0 Å². The van der Waals surface area contributed by atoms with E-state index in [1.54, 1.807) is 12.3 Å². The maximum Gasteiger partial charge on any atom is 0.132 e. The molecular formula is C18H14ClN3. The molecule has 0 amide bonds. The summed E-state index contributed by atoms with van der Waals surface area (Å²) >= 11 is 5.85. The summed E-state index contributed by atoms with van der Waals surface area (Å²) in [5.74, 6) is 7.02. The van der Waals surface area contributed by atoms with Crippen LogP contribution in [0.2, 0.25) is 5.15 Å². The summed E-state index contributed by atoms with van der Waals surface area (Å²) in [7, 11) is 0. The average molecular weight is 308 g/mol. The molecule has 0 aliphatic heterocycles. The van der Waals surface area contributed by atoms with Gasteiger partial charge in [-0.1, -0.05) is 35.2 Å². The van der Waals surface area contributed by atoms with Crippen LogP contribution in [0.3, 0.4) is 0 Å². The van der Waals surface area contributed by atoms with Gasteiger partial charge in [0, 0.05) is 23.6 Å². The summed E-state index contributed by atoms with van der Waals surface area (Å²) in [6.07, 6.45) is 3.58. The number of imidazole rings is 1. The minimum absolute atomic E-state index is 0.438. The molecule has 0 atom stereocenters. The molecule has 2 aromatic heterocycles. The molecule has 0 spiro atoms. The van der Waals surface area contributed by atoms with E-state index in [9.17, 15) is 0 Å². The maximum atomic E-state index is 5.85. The highest BCUT2D eigenvalue weighted by Gasteiger charge is 2.04. The van der Waals surface area contributed by atoms with Crippen LogP contribution in [-0.4, -0.2) is 14.5 Å². The predicted octanol–water partition coefficient (Wildman–Crippen LogP) is 3.94. The molecule has 0 fully saturated rings. The zero-order valence-corrected chi connectivity index (χ0v) is 13.1. The fourth-order valence-corrected chi connectivity index (χ4v) is 2.29. The summed E-state index contributed by atoms with van der Waals surface area (Å²) in [6, 6.07) is 11.9. The Labute approximate surface area is 134 Å². The normalized spacial score (nSPS) is 10.1. The second-order valence-electron chi connectivity index (χ2n) is 5.00. The third kappa shape index (κ3) is 3.19. The molecule has 22 heavy (non-hydrogen) atoms. The zero-order valence-electron chi connectivity index (χ0n) is 12.3. The van der Waals surface area contributed by atoms with Gasteiger partial charge in [-0.2, -0.15) is 0 Å². The van der Waals surface area contributed by atoms with E-state index in [0.717, 1.165) is 22.8 Å². The summed E-state index contributed by atoms with van der Waals surface area (Å²) in [4.78, 5) is 8.43. The number of aromatic nitrogens is 3. The Hall–Kier alpha value is -2.57. The van der Waals surface area contributed by atoms with Crippen molar-refractivity contribution in [2.45, 2.75) is 13.8 Å². The first-order valence-electron chi connectivity index (χ1n) is 6.88. The second kappa shape index (κ2) is 6.05. The highest BCUT2D eigenvalue weighted by molar-refractivity contribution is 6.29. The molecular weight excluding hydrogens is 294 g/mol. The number of aryl methyl sites for hydroxylation is 2. The van der Waals surface area contributed by atoms with E-state index in [0.29, 0.717) is 5.15 Å². The third-order valence-electron chi connectivity index (χ3n) is 3.26. The van der Waals surface area contributed by atoms with Crippen molar-refractivity contribution in [3.05, 3.63) is 76.6 Å². The lowest BCUT2D eigenvalue weighted by Gasteiger charge is -2.04. The highest BCUT2D eigenvalue weighted by atomic mass is 35.5. The molecule has 0 unspecified atom stereocenters. The number of pyridine rings is 1. The summed E-state index contributed by atoms with van der Waals surface area (Å²) in [5.41, 5.74) is 3.86. The van der Waals surface area contributed by atoms with Crippen LogP contribution in [0.1, 0.15) is 22.6 Å². The van der Waals surface area contributed by atoms with Gasteiger partial charge in [-0.3, -0.25) is 0 Å². The Morgan fingerprint density at radius 2 is 1.82 bits per heavy atom. The Balaban J connectivity index is 1.91. The molecule has 0 aliphatic rings. The first-order chi connectivity index (χ1) is 10.6. The Morgan fingerprint density at radius 1 is 1.05 bits per heavy atom. The fourth-order valence-electron chi connectivity index (χ4n) is 2.12. The second-order valence-corrected chi connectivity index (χ2v) is 5.38. The predicted molar refractivity (Wildman–Crippen MR) is 88.3 cm³/mol. The number of nitrogens with zero attached hydrogens (tertiary/aromatic N) is 3. The van der Waals surface area contributed by atoms with Gasteiger partial charge in [0.25, 0.3) is 0 Å². The Kier molecular flexibility index (Phi) is 3.95. The van der Waals surface area contributed by atoms with Crippen molar-refractivity contribution in [3.63, 3.8) is 0 Å². The molecule has 4 heteroatoms. The van der Waals surface area contributed by atoms with Crippen LogP contribution in [0, 0.1) is 25.7 Å². The number of rotatable bonds is 1. The number of hydrogen-bond acceptors (Lipinski definition) is 2. The standard InChI is InChI=1S/C18H14ClN3/c1-13-3-7-17(8-4-13)22-12-16(21-14(22)2)6-5-15-9-10-20-18(19)11-15/h3-4,7-12H,1-2H3. The Morgan fingerprint density at radius 3 is 2.55 bits per heavy atom. The molecule has 0 saturated heterocycles. The molecule has 0 radical (unpaired) electrons. The van der Waals surface area contributed by atoms with E-state index < -0.39 is 0 Å². The molecule has 1 aromatic carbocycles. The van der Waals surface area contributed by atoms with Crippen LogP contribution >= 0.6 is 11.6 Å². The lowest BCUT2D eigenvalue weighted by atomic mass is 10.2. The smallest absolute Gasteiger partial charge is 0.132 e. The molecule has 0 saturated carbocycles. The Bertz CT molecular complexity index is 867. The van der Waals surface area contributed by atoms with Gasteiger partial charge in [-0.05, 0) is 44.0 Å². The number of halogens is 1. The summed E-state index contributed by atoms with van der Waals surface area (Å²) < 4.78 is 2.03. The van der Waals surface area contributed by atoms with Gasteiger partial charge >= 0.3 is 0 Å². The van der Waals surface area contributed by atoms with E-state index in [1.165, 1.54) is 5.56 Å². The summed E-state index contributed by atoms with van der Waals surface area (Å²) in [6.45, 7) is 4.04. The minimum Gasteiger partial charge on any atom is -0.303 e. The molecule has 108 valence electrons. The lowest BCUT2D eigenvalue weighted by molar-refractivity contribution is 0.974. The van der Waals surface area contributed by atoms with Crippen molar-refractivity contribution < 1.29 is 0 Å². The highest BCUT2D eigenvalue weighted by Crippen LogP contribution is 2.13. The monoisotopic (exact) mass is 307 g/mol. The first kappa shape index (κ1) is 14.4. The molecule has 2 heterocycles. The number of hydrogen-bond donors (Lipinski definition) is 0. The van der Waals surface area contributed by atoms with E-state index in [4.69, 9.17) is 11.6 Å². The molecule has 0 bridgehead atoms. The van der Waals surface area contributed by atoms with Gasteiger partial charge in [-0.15, -0.1) is 0 Å². The lowest BCUT2D eigenvalue weighted by Crippen LogP contribution is -1.94. The van der Waals surface area contributed by atoms with Gasteiger partial charge in [-0.25, -0.2) is 9.97 Å². The van der Waals surface area contributed by atoms with E-state index >= 15 is 0 Å². The van der Waals surface area contributed by atoms with Crippen LogP contribution in [0.15, 0.2) is 48.8 Å². The zero-order chi connectivity index (χ0) is 15.5. The van der Waals surface area contributed by atoms with Crippen LogP contribution in [0.25, 0.3) is 5.69 Å². The van der Waals surface area contributed by atoms with Gasteiger partial charge in [0.1, 0.15) is 16.7 Å². The van der Waals surface area contributed by atoms with E-state index in [2.05, 4.69) is 53.0 Å². The average Bonchev–Trinajstić information content (AvgIpc) is 2.87. The molecule has 3 aromatic rings. The van der Waals surface area contributed by atoms with E-state index in [1.807, 2.05) is 23.8 Å². The van der Waals surface area contributed by atoms with Crippen LogP contribution in [-0.2, 0) is 0 Å². The van der Waals surface area contributed by atoms with E-state index in [-0.39, 0.29) is 0 Å². The van der Waals surface area contributed by atoms with Crippen molar-refractivity contribution in [2.75, 3.05) is 0 Å². The first-order valence-corrected chi connectivity index (χ1v) is 7.26. The number of benzene rings is 1. The minimum atomic E-state index is 0.438. The molecule has 3 rings (SSSR count). The maximum absolute atomic E-state index is 5.85. The molecule has 3 nitrogen and oxygen atoms in total. The topological polar surface area (TPSA) is 30.7 Å². The molecule has 0 N–H and O–H groups in total.